The average Bonchev–Trinajstić information content (AvgIpc) is 2.78. The zero-order valence-corrected chi connectivity index (χ0v) is 11.2. The monoisotopic (exact) mass is 244 g/mol. The molecule has 3 nitrogen and oxygen atoms in total. The van der Waals surface area contributed by atoms with Crippen LogP contribution in [0.3, 0.4) is 0 Å². The highest BCUT2D eigenvalue weighted by Gasteiger charge is 2.20. The Kier molecular flexibility index (Phi) is 3.70. The Morgan fingerprint density at radius 2 is 2.06 bits per heavy atom. The van der Waals surface area contributed by atoms with Crippen LogP contribution in [0.2, 0.25) is 0 Å². The van der Waals surface area contributed by atoms with Gasteiger partial charge < -0.3 is 9.88 Å². The smallest absolute Gasteiger partial charge is 0.256 e. The first-order valence-corrected chi connectivity index (χ1v) is 6.52. The van der Waals surface area contributed by atoms with Gasteiger partial charge in [0.15, 0.2) is 0 Å². The molecule has 0 aliphatic heterocycles. The molecule has 0 radical (unpaired) electrons. The minimum atomic E-state index is 0.115. The summed E-state index contributed by atoms with van der Waals surface area (Å²) in [5, 5.41) is 1.00. The van der Waals surface area contributed by atoms with E-state index in [4.69, 9.17) is 0 Å². The normalized spacial score (nSPS) is 11.1. The van der Waals surface area contributed by atoms with Crippen molar-refractivity contribution in [2.45, 2.75) is 33.2 Å². The van der Waals surface area contributed by atoms with Crippen molar-refractivity contribution in [1.29, 1.82) is 0 Å². The summed E-state index contributed by atoms with van der Waals surface area (Å²) in [6.45, 7) is 7.01. The highest BCUT2D eigenvalue weighted by molar-refractivity contribution is 6.06. The molecule has 2 aromatic rings. The number of fused-ring (bicyclic) bond motifs is 1. The Bertz CT molecular complexity index is 542. The lowest BCUT2D eigenvalue weighted by Crippen LogP contribution is -2.37. The second kappa shape index (κ2) is 5.25. The Morgan fingerprint density at radius 1 is 1.33 bits per heavy atom. The summed E-state index contributed by atoms with van der Waals surface area (Å²) in [7, 11) is 0. The molecule has 1 heterocycles. The Hall–Kier alpha value is -1.77. The van der Waals surface area contributed by atoms with Crippen LogP contribution in [0.15, 0.2) is 30.5 Å². The van der Waals surface area contributed by atoms with E-state index in [1.54, 1.807) is 0 Å². The molecule has 0 aliphatic rings. The summed E-state index contributed by atoms with van der Waals surface area (Å²) in [5.41, 5.74) is 1.79. The molecule has 0 saturated carbocycles. The number of carbonyl (C=O) groups excluding carboxylic acids is 1. The maximum atomic E-state index is 12.6. The predicted octanol–water partition coefficient (Wildman–Crippen LogP) is 3.43. The van der Waals surface area contributed by atoms with Crippen LogP contribution >= 0.6 is 0 Å². The van der Waals surface area contributed by atoms with Gasteiger partial charge in [-0.2, -0.15) is 0 Å². The molecule has 0 fully saturated rings. The molecular weight excluding hydrogens is 224 g/mol. The van der Waals surface area contributed by atoms with E-state index in [0.717, 1.165) is 29.4 Å². The van der Waals surface area contributed by atoms with Crippen LogP contribution in [0.4, 0.5) is 0 Å². The second-order valence-electron chi connectivity index (χ2n) is 4.84. The van der Waals surface area contributed by atoms with E-state index in [2.05, 4.69) is 25.8 Å². The topological polar surface area (TPSA) is 36.1 Å². The maximum absolute atomic E-state index is 12.6. The van der Waals surface area contributed by atoms with E-state index in [1.807, 2.05) is 35.4 Å². The summed E-state index contributed by atoms with van der Waals surface area (Å²) >= 11 is 0. The molecule has 0 bridgehead atoms. The SMILES string of the molecule is CCCN(C(=O)c1c[nH]c2ccccc12)C(C)C. The number of H-pyrrole nitrogens is 1. The molecule has 1 amide bonds. The van der Waals surface area contributed by atoms with Crippen LogP contribution in [0.25, 0.3) is 10.9 Å². The average molecular weight is 244 g/mol. The highest BCUT2D eigenvalue weighted by atomic mass is 16.2. The molecule has 0 aliphatic carbocycles. The van der Waals surface area contributed by atoms with E-state index in [0.29, 0.717) is 0 Å². The molecular formula is C15H20N2O. The number of benzene rings is 1. The summed E-state index contributed by atoms with van der Waals surface area (Å²) in [5.74, 6) is 0.115. The number of rotatable bonds is 4. The lowest BCUT2D eigenvalue weighted by Gasteiger charge is -2.26. The van der Waals surface area contributed by atoms with Crippen LogP contribution in [0, 0.1) is 0 Å². The van der Waals surface area contributed by atoms with Crippen molar-refractivity contribution in [2.24, 2.45) is 0 Å². The van der Waals surface area contributed by atoms with Crippen LogP contribution in [-0.4, -0.2) is 28.4 Å². The first kappa shape index (κ1) is 12.7. The van der Waals surface area contributed by atoms with Gasteiger partial charge in [0, 0.05) is 29.7 Å². The van der Waals surface area contributed by atoms with Gasteiger partial charge >= 0.3 is 0 Å². The van der Waals surface area contributed by atoms with Gasteiger partial charge in [0.05, 0.1) is 5.56 Å². The van der Waals surface area contributed by atoms with Crippen molar-refractivity contribution in [3.8, 4) is 0 Å². The van der Waals surface area contributed by atoms with Crippen molar-refractivity contribution >= 4 is 16.8 Å². The summed E-state index contributed by atoms with van der Waals surface area (Å²) < 4.78 is 0. The van der Waals surface area contributed by atoms with Gasteiger partial charge in [-0.15, -0.1) is 0 Å². The second-order valence-corrected chi connectivity index (χ2v) is 4.84. The van der Waals surface area contributed by atoms with Crippen molar-refractivity contribution < 1.29 is 4.79 Å². The molecule has 1 aromatic heterocycles. The fraction of sp³-hybridized carbons (Fsp3) is 0.400. The standard InChI is InChI=1S/C15H20N2O/c1-4-9-17(11(2)3)15(18)13-10-16-14-8-6-5-7-12(13)14/h5-8,10-11,16H,4,9H2,1-3H3. The summed E-state index contributed by atoms with van der Waals surface area (Å²) in [6.07, 6.45) is 2.80. The zero-order valence-electron chi connectivity index (χ0n) is 11.2. The number of aromatic nitrogens is 1. The first-order chi connectivity index (χ1) is 8.65. The van der Waals surface area contributed by atoms with E-state index in [1.165, 1.54) is 0 Å². The summed E-state index contributed by atoms with van der Waals surface area (Å²) in [4.78, 5) is 17.6. The fourth-order valence-corrected chi connectivity index (χ4v) is 2.24. The van der Waals surface area contributed by atoms with E-state index < -0.39 is 0 Å². The van der Waals surface area contributed by atoms with E-state index in [-0.39, 0.29) is 11.9 Å². The minimum Gasteiger partial charge on any atom is -0.360 e. The molecule has 18 heavy (non-hydrogen) atoms. The quantitative estimate of drug-likeness (QED) is 0.878. The van der Waals surface area contributed by atoms with Crippen LogP contribution < -0.4 is 0 Å². The number of nitrogens with one attached hydrogen (secondary N) is 1. The number of carbonyl (C=O) groups is 1. The molecule has 1 aromatic carbocycles. The molecule has 0 atom stereocenters. The first-order valence-electron chi connectivity index (χ1n) is 6.52. The third-order valence-electron chi connectivity index (χ3n) is 3.17. The molecule has 3 heteroatoms. The van der Waals surface area contributed by atoms with Crippen LogP contribution in [0.5, 0.6) is 0 Å². The third kappa shape index (κ3) is 2.26. The molecule has 0 unspecified atom stereocenters. The van der Waals surface area contributed by atoms with E-state index in [9.17, 15) is 4.79 Å². The van der Waals surface area contributed by atoms with Crippen molar-refractivity contribution in [2.75, 3.05) is 6.54 Å². The number of hydrogen-bond donors (Lipinski definition) is 1. The minimum absolute atomic E-state index is 0.115. The van der Waals surface area contributed by atoms with Gasteiger partial charge in [0.25, 0.3) is 5.91 Å². The lowest BCUT2D eigenvalue weighted by atomic mass is 10.1. The van der Waals surface area contributed by atoms with Crippen molar-refractivity contribution in [3.05, 3.63) is 36.0 Å². The van der Waals surface area contributed by atoms with Gasteiger partial charge in [0.1, 0.15) is 0 Å². The number of amides is 1. The predicted molar refractivity (Wildman–Crippen MR) is 74.8 cm³/mol. The highest BCUT2D eigenvalue weighted by Crippen LogP contribution is 2.20. The fourth-order valence-electron chi connectivity index (χ4n) is 2.24. The van der Waals surface area contributed by atoms with Gasteiger partial charge in [-0.05, 0) is 26.3 Å². The number of aromatic amines is 1. The van der Waals surface area contributed by atoms with Gasteiger partial charge in [0.2, 0.25) is 0 Å². The number of para-hydroxylation sites is 1. The zero-order chi connectivity index (χ0) is 13.1. The number of hydrogen-bond acceptors (Lipinski definition) is 1. The van der Waals surface area contributed by atoms with Gasteiger partial charge in [-0.3, -0.25) is 4.79 Å². The largest absolute Gasteiger partial charge is 0.360 e. The molecule has 1 N–H and O–H groups in total. The molecule has 0 spiro atoms. The Labute approximate surface area is 108 Å². The lowest BCUT2D eigenvalue weighted by molar-refractivity contribution is 0.0708. The summed E-state index contributed by atoms with van der Waals surface area (Å²) in [6, 6.07) is 8.15. The van der Waals surface area contributed by atoms with Crippen LogP contribution in [0.1, 0.15) is 37.6 Å². The molecule has 0 saturated heterocycles. The Balaban J connectivity index is 2.38. The maximum Gasteiger partial charge on any atom is 0.256 e. The Morgan fingerprint density at radius 3 is 2.72 bits per heavy atom. The van der Waals surface area contributed by atoms with Crippen molar-refractivity contribution in [3.63, 3.8) is 0 Å². The van der Waals surface area contributed by atoms with Crippen molar-refractivity contribution in [1.82, 2.24) is 9.88 Å². The van der Waals surface area contributed by atoms with Gasteiger partial charge in [-0.1, -0.05) is 25.1 Å². The third-order valence-corrected chi connectivity index (χ3v) is 3.17. The van der Waals surface area contributed by atoms with E-state index >= 15 is 0 Å². The number of nitrogens with zero attached hydrogens (tertiary/aromatic N) is 1. The van der Waals surface area contributed by atoms with Gasteiger partial charge in [-0.25, -0.2) is 0 Å². The van der Waals surface area contributed by atoms with Crippen LogP contribution in [-0.2, 0) is 0 Å². The molecule has 2 rings (SSSR count). The molecule has 96 valence electrons.